The molecular weight excluding hydrogens is 140 g/mol. The summed E-state index contributed by atoms with van der Waals surface area (Å²) >= 11 is 1.82. The Morgan fingerprint density at radius 3 is 2.90 bits per heavy atom. The van der Waals surface area contributed by atoms with Crippen molar-refractivity contribution in [2.75, 3.05) is 0 Å². The maximum atomic E-state index is 3.87. The maximum Gasteiger partial charge on any atom is 0.0395 e. The van der Waals surface area contributed by atoms with Gasteiger partial charge in [0.05, 0.1) is 0 Å². The molecule has 0 saturated heterocycles. The van der Waals surface area contributed by atoms with Crippen LogP contribution in [0.5, 0.6) is 0 Å². The first-order chi connectivity index (χ1) is 4.66. The van der Waals surface area contributed by atoms with Crippen LogP contribution in [0, 0.1) is 0 Å². The molecule has 54 valence electrons. The smallest absolute Gasteiger partial charge is 0.0395 e. The Balaban J connectivity index is 2.64. The molecule has 0 aromatic carbocycles. The lowest BCUT2D eigenvalue weighted by Gasteiger charge is -2.17. The zero-order valence-electron chi connectivity index (χ0n) is 6.26. The van der Waals surface area contributed by atoms with Crippen LogP contribution in [-0.2, 0) is 0 Å². The van der Waals surface area contributed by atoms with Crippen LogP contribution in [0.25, 0.3) is 0 Å². The van der Waals surface area contributed by atoms with E-state index < -0.39 is 0 Å². The van der Waals surface area contributed by atoms with Crippen LogP contribution < -0.4 is 0 Å². The summed E-state index contributed by atoms with van der Waals surface area (Å²) in [7, 11) is 0. The average molecular weight is 152 g/mol. The van der Waals surface area contributed by atoms with Crippen molar-refractivity contribution < 1.29 is 0 Å². The molecule has 0 aromatic rings. The molecule has 0 bridgehead atoms. The highest BCUT2D eigenvalue weighted by Gasteiger charge is 2.24. The van der Waals surface area contributed by atoms with Crippen LogP contribution in [0.1, 0.15) is 13.3 Å². The van der Waals surface area contributed by atoms with E-state index in [1.54, 1.807) is 0 Å². The van der Waals surface area contributed by atoms with Crippen LogP contribution in [0.4, 0.5) is 0 Å². The Kier molecular flexibility index (Phi) is 2.05. The van der Waals surface area contributed by atoms with E-state index in [9.17, 15) is 0 Å². The Bertz CT molecular complexity index is 191. The number of hydrogen-bond donors (Lipinski definition) is 0. The summed E-state index contributed by atoms with van der Waals surface area (Å²) in [6.07, 6.45) is 7.25. The van der Waals surface area contributed by atoms with Gasteiger partial charge in [-0.05, 0) is 13.3 Å². The number of hydrogen-bond acceptors (Lipinski definition) is 1. The predicted octanol–water partition coefficient (Wildman–Crippen LogP) is 3.14. The molecule has 1 rings (SSSR count). The van der Waals surface area contributed by atoms with Gasteiger partial charge in [-0.3, -0.25) is 0 Å². The highest BCUT2D eigenvalue weighted by atomic mass is 32.2. The third kappa shape index (κ3) is 1.54. The lowest BCUT2D eigenvalue weighted by molar-refractivity contribution is 0.817. The Morgan fingerprint density at radius 2 is 2.50 bits per heavy atom. The van der Waals surface area contributed by atoms with E-state index in [0.29, 0.717) is 0 Å². The standard InChI is InChI=1S/C9H12S/c1-4-6-9(3)7-5-8(2)10-9/h4-5,7H,1-2,6H2,3H3. The summed E-state index contributed by atoms with van der Waals surface area (Å²) in [5, 5.41) is 0. The van der Waals surface area contributed by atoms with Gasteiger partial charge in [0.1, 0.15) is 0 Å². The molecule has 0 N–H and O–H groups in total. The Hall–Kier alpha value is -0.430. The van der Waals surface area contributed by atoms with Crippen LogP contribution in [0.3, 0.4) is 0 Å². The summed E-state index contributed by atoms with van der Waals surface area (Å²) in [5.41, 5.74) is 0. The average Bonchev–Trinajstić information content (AvgIpc) is 2.12. The lowest BCUT2D eigenvalue weighted by Crippen LogP contribution is -2.11. The molecule has 0 spiro atoms. The van der Waals surface area contributed by atoms with Crippen molar-refractivity contribution in [1.82, 2.24) is 0 Å². The number of thioether (sulfide) groups is 1. The molecule has 0 amide bonds. The first-order valence-corrected chi connectivity index (χ1v) is 4.16. The molecule has 1 heterocycles. The fourth-order valence-corrected chi connectivity index (χ4v) is 2.11. The first-order valence-electron chi connectivity index (χ1n) is 3.34. The van der Waals surface area contributed by atoms with Crippen molar-refractivity contribution >= 4 is 11.8 Å². The number of allylic oxidation sites excluding steroid dienone is 2. The highest BCUT2D eigenvalue weighted by Crippen LogP contribution is 2.41. The summed E-state index contributed by atoms with van der Waals surface area (Å²) < 4.78 is 0.235. The fraction of sp³-hybridized carbons (Fsp3) is 0.333. The Morgan fingerprint density at radius 1 is 1.80 bits per heavy atom. The first kappa shape index (κ1) is 7.67. The summed E-state index contributed by atoms with van der Waals surface area (Å²) in [6.45, 7) is 9.79. The van der Waals surface area contributed by atoms with Gasteiger partial charge in [0.25, 0.3) is 0 Å². The van der Waals surface area contributed by atoms with Crippen molar-refractivity contribution in [2.24, 2.45) is 0 Å². The molecule has 0 radical (unpaired) electrons. The molecule has 1 unspecified atom stereocenters. The van der Waals surface area contributed by atoms with E-state index in [1.807, 2.05) is 17.8 Å². The molecular formula is C9H12S. The maximum absolute atomic E-state index is 3.87. The second-order valence-electron chi connectivity index (χ2n) is 2.71. The van der Waals surface area contributed by atoms with Gasteiger partial charge in [-0.15, -0.1) is 18.3 Å². The van der Waals surface area contributed by atoms with Gasteiger partial charge < -0.3 is 0 Å². The third-order valence-electron chi connectivity index (χ3n) is 1.54. The van der Waals surface area contributed by atoms with E-state index in [0.717, 1.165) is 11.3 Å². The van der Waals surface area contributed by atoms with Crippen molar-refractivity contribution in [1.29, 1.82) is 0 Å². The van der Waals surface area contributed by atoms with Crippen molar-refractivity contribution in [2.45, 2.75) is 18.1 Å². The summed E-state index contributed by atoms with van der Waals surface area (Å²) in [4.78, 5) is 1.16. The normalized spacial score (nSPS) is 31.1. The van der Waals surface area contributed by atoms with Crippen molar-refractivity contribution in [3.63, 3.8) is 0 Å². The van der Waals surface area contributed by atoms with Gasteiger partial charge in [0.15, 0.2) is 0 Å². The van der Waals surface area contributed by atoms with Crippen LogP contribution in [0.15, 0.2) is 36.3 Å². The zero-order chi connectivity index (χ0) is 7.61. The van der Waals surface area contributed by atoms with E-state index in [-0.39, 0.29) is 4.75 Å². The number of rotatable bonds is 2. The summed E-state index contributed by atoms with van der Waals surface area (Å²) in [6, 6.07) is 0. The van der Waals surface area contributed by atoms with Gasteiger partial charge in [-0.2, -0.15) is 0 Å². The molecule has 1 atom stereocenters. The van der Waals surface area contributed by atoms with Crippen LogP contribution in [0.2, 0.25) is 0 Å². The van der Waals surface area contributed by atoms with Crippen molar-refractivity contribution in [3.05, 3.63) is 36.3 Å². The molecule has 1 aliphatic rings. The van der Waals surface area contributed by atoms with Gasteiger partial charge in [-0.1, -0.05) is 24.8 Å². The minimum atomic E-state index is 0.235. The lowest BCUT2D eigenvalue weighted by atomic mass is 10.1. The molecule has 0 saturated carbocycles. The highest BCUT2D eigenvalue weighted by molar-refractivity contribution is 8.05. The SMILES string of the molecule is C=CCC1(C)C=CC(=C)S1. The van der Waals surface area contributed by atoms with E-state index in [2.05, 4.69) is 32.2 Å². The molecule has 1 heteroatoms. The predicted molar refractivity (Wildman–Crippen MR) is 49.1 cm³/mol. The molecule has 0 nitrogen and oxygen atoms in total. The molecule has 0 fully saturated rings. The van der Waals surface area contributed by atoms with Gasteiger partial charge in [0, 0.05) is 9.65 Å². The monoisotopic (exact) mass is 152 g/mol. The van der Waals surface area contributed by atoms with Gasteiger partial charge >= 0.3 is 0 Å². The van der Waals surface area contributed by atoms with E-state index >= 15 is 0 Å². The molecule has 10 heavy (non-hydrogen) atoms. The molecule has 0 aliphatic carbocycles. The Labute approximate surface area is 66.7 Å². The van der Waals surface area contributed by atoms with Crippen LogP contribution in [-0.4, -0.2) is 4.75 Å². The van der Waals surface area contributed by atoms with Gasteiger partial charge in [-0.25, -0.2) is 0 Å². The van der Waals surface area contributed by atoms with Crippen LogP contribution >= 0.6 is 11.8 Å². The summed E-state index contributed by atoms with van der Waals surface area (Å²) in [5.74, 6) is 0. The van der Waals surface area contributed by atoms with Crippen molar-refractivity contribution in [3.8, 4) is 0 Å². The third-order valence-corrected chi connectivity index (χ3v) is 2.70. The van der Waals surface area contributed by atoms with E-state index in [4.69, 9.17) is 0 Å². The largest absolute Gasteiger partial charge is 0.116 e. The minimum absolute atomic E-state index is 0.235. The fourth-order valence-electron chi connectivity index (χ4n) is 1.03. The van der Waals surface area contributed by atoms with E-state index in [1.165, 1.54) is 0 Å². The van der Waals surface area contributed by atoms with Gasteiger partial charge in [0.2, 0.25) is 0 Å². The molecule has 0 aromatic heterocycles. The quantitative estimate of drug-likeness (QED) is 0.548. The zero-order valence-corrected chi connectivity index (χ0v) is 7.08. The second-order valence-corrected chi connectivity index (χ2v) is 4.37. The second kappa shape index (κ2) is 2.67. The minimum Gasteiger partial charge on any atom is -0.116 e. The molecule has 1 aliphatic heterocycles. The topological polar surface area (TPSA) is 0 Å².